The van der Waals surface area contributed by atoms with Gasteiger partial charge < -0.3 is 20.2 Å². The summed E-state index contributed by atoms with van der Waals surface area (Å²) in [5.41, 5.74) is 5.07. The molecule has 30 heavy (non-hydrogen) atoms. The highest BCUT2D eigenvalue weighted by molar-refractivity contribution is 8.00. The van der Waals surface area contributed by atoms with E-state index in [9.17, 15) is 4.79 Å². The fourth-order valence-electron chi connectivity index (χ4n) is 3.24. The number of nitrogens with one attached hydrogen (secondary N) is 2. The monoisotopic (exact) mass is 425 g/mol. The number of hydrogen-bond acceptors (Lipinski definition) is 7. The summed E-state index contributed by atoms with van der Waals surface area (Å²) in [6.07, 6.45) is 0. The van der Waals surface area contributed by atoms with Gasteiger partial charge in [0.25, 0.3) is 0 Å². The van der Waals surface area contributed by atoms with Gasteiger partial charge in [-0.25, -0.2) is 4.68 Å². The number of aryl methyl sites for hydroxylation is 1. The Hall–Kier alpha value is -3.20. The number of amides is 1. The first-order valence-electron chi connectivity index (χ1n) is 9.62. The third-order valence-electron chi connectivity index (χ3n) is 4.76. The molecule has 1 aromatic heterocycles. The number of aromatic nitrogens is 3. The molecular weight excluding hydrogens is 402 g/mol. The van der Waals surface area contributed by atoms with Crippen LogP contribution < -0.4 is 20.2 Å². The lowest BCUT2D eigenvalue weighted by Gasteiger charge is -2.32. The van der Waals surface area contributed by atoms with Crippen molar-refractivity contribution in [3.8, 4) is 11.5 Å². The Morgan fingerprint density at radius 2 is 1.83 bits per heavy atom. The molecule has 2 heterocycles. The van der Waals surface area contributed by atoms with Crippen molar-refractivity contribution in [3.05, 3.63) is 59.9 Å². The molecular formula is C21H23N5O3S. The first kappa shape index (κ1) is 20.1. The SMILES string of the molecule is CCOc1ccc(NC(=O)[C@@H]2Sc3nnc(C)n3N[C@H]2c2ccc(OC)cc2)cc1. The Labute approximate surface area is 179 Å². The highest BCUT2D eigenvalue weighted by atomic mass is 32.2. The molecule has 0 unspecified atom stereocenters. The third kappa shape index (κ3) is 4.06. The van der Waals surface area contributed by atoms with Crippen LogP contribution in [0.25, 0.3) is 0 Å². The minimum absolute atomic E-state index is 0.121. The van der Waals surface area contributed by atoms with Crippen LogP contribution in [0.5, 0.6) is 11.5 Å². The van der Waals surface area contributed by atoms with Gasteiger partial charge in [-0.3, -0.25) is 4.79 Å². The minimum Gasteiger partial charge on any atom is -0.497 e. The number of anilines is 1. The first-order chi connectivity index (χ1) is 14.6. The molecule has 1 aliphatic rings. The lowest BCUT2D eigenvalue weighted by Crippen LogP contribution is -2.41. The molecule has 2 aromatic carbocycles. The molecule has 0 fully saturated rings. The molecule has 0 aliphatic carbocycles. The highest BCUT2D eigenvalue weighted by Crippen LogP contribution is 2.38. The second-order valence-corrected chi connectivity index (χ2v) is 7.84. The van der Waals surface area contributed by atoms with E-state index in [0.717, 1.165) is 22.9 Å². The molecule has 2 atom stereocenters. The van der Waals surface area contributed by atoms with E-state index in [2.05, 4.69) is 20.9 Å². The number of benzene rings is 2. The standard InChI is InChI=1S/C21H23N5O3S/c1-4-29-17-11-7-15(8-12-17)22-20(27)19-18(14-5-9-16(28-3)10-6-14)25-26-13(2)23-24-21(26)30-19/h5-12,18-19,25H,4H2,1-3H3,(H,22,27)/t18-,19+/m0/s1. The number of rotatable bonds is 6. The Morgan fingerprint density at radius 1 is 1.13 bits per heavy atom. The van der Waals surface area contributed by atoms with Crippen LogP contribution in [-0.4, -0.2) is 39.7 Å². The van der Waals surface area contributed by atoms with Crippen molar-refractivity contribution in [2.75, 3.05) is 24.5 Å². The van der Waals surface area contributed by atoms with Crippen molar-refractivity contribution in [2.45, 2.75) is 30.3 Å². The number of nitrogens with zero attached hydrogens (tertiary/aromatic N) is 3. The molecule has 156 valence electrons. The zero-order chi connectivity index (χ0) is 21.1. The van der Waals surface area contributed by atoms with E-state index in [-0.39, 0.29) is 11.9 Å². The number of carbonyl (C=O) groups excluding carboxylic acids is 1. The van der Waals surface area contributed by atoms with Gasteiger partial charge in [0, 0.05) is 5.69 Å². The average molecular weight is 426 g/mol. The number of hydrogen-bond donors (Lipinski definition) is 2. The average Bonchev–Trinajstić information content (AvgIpc) is 3.14. The van der Waals surface area contributed by atoms with Gasteiger partial charge in [-0.1, -0.05) is 23.9 Å². The van der Waals surface area contributed by atoms with Crippen molar-refractivity contribution in [1.82, 2.24) is 14.9 Å². The molecule has 3 aromatic rings. The van der Waals surface area contributed by atoms with E-state index in [1.807, 2.05) is 67.1 Å². The maximum absolute atomic E-state index is 13.2. The van der Waals surface area contributed by atoms with E-state index >= 15 is 0 Å². The molecule has 9 heteroatoms. The van der Waals surface area contributed by atoms with Crippen LogP contribution in [0, 0.1) is 6.92 Å². The predicted molar refractivity (Wildman–Crippen MR) is 116 cm³/mol. The number of thioether (sulfide) groups is 1. The van der Waals surface area contributed by atoms with Crippen LogP contribution in [0.15, 0.2) is 53.7 Å². The molecule has 0 saturated carbocycles. The summed E-state index contributed by atoms with van der Waals surface area (Å²) < 4.78 is 12.5. The fourth-order valence-corrected chi connectivity index (χ4v) is 4.36. The third-order valence-corrected chi connectivity index (χ3v) is 5.98. The van der Waals surface area contributed by atoms with Crippen LogP contribution in [0.2, 0.25) is 0 Å². The first-order valence-corrected chi connectivity index (χ1v) is 10.5. The van der Waals surface area contributed by atoms with Crippen molar-refractivity contribution in [2.24, 2.45) is 0 Å². The van der Waals surface area contributed by atoms with Crippen LogP contribution in [0.1, 0.15) is 24.4 Å². The molecule has 1 aliphatic heterocycles. The lowest BCUT2D eigenvalue weighted by molar-refractivity contribution is -0.116. The smallest absolute Gasteiger partial charge is 0.240 e. The van der Waals surface area contributed by atoms with E-state index in [1.165, 1.54) is 11.8 Å². The summed E-state index contributed by atoms with van der Waals surface area (Å²) in [6.45, 7) is 4.40. The van der Waals surface area contributed by atoms with Crippen molar-refractivity contribution in [3.63, 3.8) is 0 Å². The summed E-state index contributed by atoms with van der Waals surface area (Å²) in [4.78, 5) is 13.2. The number of carbonyl (C=O) groups is 1. The molecule has 0 saturated heterocycles. The molecule has 0 spiro atoms. The zero-order valence-electron chi connectivity index (χ0n) is 17.0. The van der Waals surface area contributed by atoms with Crippen LogP contribution in [-0.2, 0) is 4.79 Å². The highest BCUT2D eigenvalue weighted by Gasteiger charge is 2.37. The quantitative estimate of drug-likeness (QED) is 0.626. The maximum atomic E-state index is 13.2. The van der Waals surface area contributed by atoms with Gasteiger partial charge in [0.2, 0.25) is 11.1 Å². The van der Waals surface area contributed by atoms with Crippen molar-refractivity contribution < 1.29 is 14.3 Å². The fraction of sp³-hybridized carbons (Fsp3) is 0.286. The van der Waals surface area contributed by atoms with Crippen molar-refractivity contribution >= 4 is 23.4 Å². The van der Waals surface area contributed by atoms with E-state index in [1.54, 1.807) is 7.11 Å². The molecule has 1 amide bonds. The van der Waals surface area contributed by atoms with E-state index < -0.39 is 5.25 Å². The maximum Gasteiger partial charge on any atom is 0.240 e. The largest absolute Gasteiger partial charge is 0.497 e. The van der Waals surface area contributed by atoms with Gasteiger partial charge in [0.1, 0.15) is 22.6 Å². The number of fused-ring (bicyclic) bond motifs is 1. The Bertz CT molecular complexity index is 1020. The second-order valence-electron chi connectivity index (χ2n) is 6.73. The normalized spacial score (nSPS) is 17.6. The van der Waals surface area contributed by atoms with Gasteiger partial charge in [-0.2, -0.15) is 0 Å². The topological polar surface area (TPSA) is 90.3 Å². The minimum atomic E-state index is -0.443. The van der Waals surface area contributed by atoms with Crippen molar-refractivity contribution in [1.29, 1.82) is 0 Å². The zero-order valence-corrected chi connectivity index (χ0v) is 17.8. The number of methoxy groups -OCH3 is 1. The summed E-state index contributed by atoms with van der Waals surface area (Å²) >= 11 is 1.39. The summed E-state index contributed by atoms with van der Waals surface area (Å²) in [5.74, 6) is 2.15. The molecule has 8 nitrogen and oxygen atoms in total. The van der Waals surface area contributed by atoms with Crippen LogP contribution in [0.3, 0.4) is 0 Å². The van der Waals surface area contributed by atoms with E-state index in [4.69, 9.17) is 9.47 Å². The van der Waals surface area contributed by atoms with Crippen LogP contribution in [0.4, 0.5) is 5.69 Å². The Kier molecular flexibility index (Phi) is 5.80. The Balaban J connectivity index is 1.59. The molecule has 0 bridgehead atoms. The van der Waals surface area contributed by atoms with Gasteiger partial charge in [0.15, 0.2) is 0 Å². The number of ether oxygens (including phenoxy) is 2. The second kappa shape index (κ2) is 8.66. The van der Waals surface area contributed by atoms with Gasteiger partial charge in [-0.15, -0.1) is 10.2 Å². The lowest BCUT2D eigenvalue weighted by atomic mass is 10.0. The van der Waals surface area contributed by atoms with Gasteiger partial charge in [-0.05, 0) is 55.8 Å². The van der Waals surface area contributed by atoms with E-state index in [0.29, 0.717) is 17.5 Å². The summed E-state index contributed by atoms with van der Waals surface area (Å²) in [7, 11) is 1.63. The predicted octanol–water partition coefficient (Wildman–Crippen LogP) is 3.39. The van der Waals surface area contributed by atoms with Gasteiger partial charge in [0.05, 0.1) is 19.8 Å². The summed E-state index contributed by atoms with van der Waals surface area (Å²) in [6, 6.07) is 14.8. The molecule has 2 N–H and O–H groups in total. The summed E-state index contributed by atoms with van der Waals surface area (Å²) in [5, 5.41) is 11.5. The van der Waals surface area contributed by atoms with Gasteiger partial charge >= 0.3 is 0 Å². The molecule has 4 rings (SSSR count). The van der Waals surface area contributed by atoms with Crippen LogP contribution >= 0.6 is 11.8 Å². The Morgan fingerprint density at radius 3 is 2.50 bits per heavy atom. The molecule has 0 radical (unpaired) electrons.